The maximum absolute atomic E-state index is 14.0. The van der Waals surface area contributed by atoms with Gasteiger partial charge in [-0.3, -0.25) is 9.36 Å². The van der Waals surface area contributed by atoms with E-state index < -0.39 is 30.4 Å². The molecule has 4 atom stereocenters. The van der Waals surface area contributed by atoms with E-state index in [4.69, 9.17) is 14.1 Å². The number of likely N-dealkylation sites (tertiary alicyclic amines) is 1. The molecule has 11 nitrogen and oxygen atoms in total. The Labute approximate surface area is 248 Å². The third-order valence-corrected chi connectivity index (χ3v) is 8.56. The van der Waals surface area contributed by atoms with Gasteiger partial charge >= 0.3 is 6.18 Å². The van der Waals surface area contributed by atoms with Gasteiger partial charge in [0.1, 0.15) is 17.2 Å². The molecule has 0 aliphatic carbocycles. The van der Waals surface area contributed by atoms with Crippen LogP contribution < -0.4 is 9.64 Å². The smallest absolute Gasteiger partial charge is 0.451 e. The molecule has 7 rings (SSSR count). The number of halogens is 3. The quantitative estimate of drug-likeness (QED) is 0.282. The van der Waals surface area contributed by atoms with Crippen molar-refractivity contribution in [2.75, 3.05) is 24.5 Å². The lowest BCUT2D eigenvalue weighted by Crippen LogP contribution is -2.39. The summed E-state index contributed by atoms with van der Waals surface area (Å²) >= 11 is 0. The first kappa shape index (κ1) is 28.3. The van der Waals surface area contributed by atoms with Crippen LogP contribution in [0, 0.1) is 5.92 Å². The number of aliphatic hydroxyl groups is 2. The minimum absolute atomic E-state index is 0.00171. The molecule has 2 aliphatic heterocycles. The topological polar surface area (TPSA) is 130 Å². The fourth-order valence-corrected chi connectivity index (χ4v) is 6.45. The Balaban J connectivity index is 1.29. The van der Waals surface area contributed by atoms with Gasteiger partial charge in [-0.2, -0.15) is 18.2 Å². The van der Waals surface area contributed by atoms with Crippen molar-refractivity contribution in [1.29, 1.82) is 0 Å². The zero-order valence-electron chi connectivity index (χ0n) is 23.8. The molecule has 0 unspecified atom stereocenters. The van der Waals surface area contributed by atoms with E-state index in [1.807, 2.05) is 35.8 Å². The number of hydrogen-bond acceptors (Lipinski definition) is 9. The van der Waals surface area contributed by atoms with Gasteiger partial charge in [0.2, 0.25) is 11.7 Å². The molecule has 0 bridgehead atoms. The van der Waals surface area contributed by atoms with Crippen LogP contribution in [-0.2, 0) is 11.0 Å². The fraction of sp³-hybridized carbons (Fsp3) is 0.400. The highest BCUT2D eigenvalue weighted by molar-refractivity contribution is 6.05. The summed E-state index contributed by atoms with van der Waals surface area (Å²) in [7, 11) is 0. The van der Waals surface area contributed by atoms with Crippen molar-refractivity contribution in [2.24, 2.45) is 5.92 Å². The number of carbonyl (C=O) groups is 1. The molecule has 44 heavy (non-hydrogen) atoms. The van der Waals surface area contributed by atoms with Crippen LogP contribution in [-0.4, -0.2) is 78.6 Å². The normalized spacial score (nSPS) is 22.7. The van der Waals surface area contributed by atoms with E-state index in [9.17, 15) is 28.2 Å². The second-order valence-electron chi connectivity index (χ2n) is 11.5. The molecular formula is C30H29F3N6O5. The molecule has 1 amide bonds. The average Bonchev–Trinajstić information content (AvgIpc) is 3.74. The Hall–Kier alpha value is -4.43. The van der Waals surface area contributed by atoms with E-state index in [0.717, 1.165) is 5.52 Å². The fourth-order valence-electron chi connectivity index (χ4n) is 6.45. The lowest BCUT2D eigenvalue weighted by atomic mass is 10.1. The highest BCUT2D eigenvalue weighted by atomic mass is 19.4. The largest absolute Gasteiger partial charge is 0.459 e. The second-order valence-corrected chi connectivity index (χ2v) is 11.5. The lowest BCUT2D eigenvalue weighted by Gasteiger charge is -2.26. The highest BCUT2D eigenvalue weighted by Gasteiger charge is 2.43. The molecule has 2 aromatic carbocycles. The summed E-state index contributed by atoms with van der Waals surface area (Å²) in [5, 5.41) is 21.1. The number of benzene rings is 2. The summed E-state index contributed by atoms with van der Waals surface area (Å²) in [5.74, 6) is -1.52. The SMILES string of the molecule is CC(=O)N1C[C@H](C)[C@@H](n2c(O[C@H]3C[C@@H](C(O)O)N(c4nc(C(F)(F)F)nc5c4oc4ccccc45)C3)nc3ccccc32)C1. The number of nitrogens with zero attached hydrogens (tertiary/aromatic N) is 6. The van der Waals surface area contributed by atoms with Gasteiger partial charge < -0.3 is 29.2 Å². The number of alkyl halides is 3. The molecule has 230 valence electrons. The molecule has 2 saturated heterocycles. The van der Waals surface area contributed by atoms with Gasteiger partial charge in [0, 0.05) is 31.8 Å². The molecule has 0 radical (unpaired) electrons. The Bertz CT molecular complexity index is 1890. The number of hydrogen-bond donors (Lipinski definition) is 2. The number of para-hydroxylation sites is 3. The van der Waals surface area contributed by atoms with Crippen LogP contribution in [0.1, 0.15) is 32.1 Å². The average molecular weight is 611 g/mol. The first-order valence-electron chi connectivity index (χ1n) is 14.3. The van der Waals surface area contributed by atoms with Gasteiger partial charge in [-0.05, 0) is 30.2 Å². The molecule has 5 heterocycles. The highest BCUT2D eigenvalue weighted by Crippen LogP contribution is 2.41. The maximum atomic E-state index is 14.0. The summed E-state index contributed by atoms with van der Waals surface area (Å²) in [4.78, 5) is 27.6. The third-order valence-electron chi connectivity index (χ3n) is 8.56. The summed E-state index contributed by atoms with van der Waals surface area (Å²) in [5.41, 5.74) is 1.79. The maximum Gasteiger partial charge on any atom is 0.451 e. The molecule has 5 aromatic rings. The monoisotopic (exact) mass is 610 g/mol. The van der Waals surface area contributed by atoms with Crippen LogP contribution in [0.15, 0.2) is 52.9 Å². The van der Waals surface area contributed by atoms with Crippen molar-refractivity contribution in [3.8, 4) is 6.01 Å². The summed E-state index contributed by atoms with van der Waals surface area (Å²) < 4.78 is 56.3. The van der Waals surface area contributed by atoms with E-state index in [-0.39, 0.29) is 53.8 Å². The molecule has 14 heteroatoms. The van der Waals surface area contributed by atoms with Crippen LogP contribution in [0.2, 0.25) is 0 Å². The van der Waals surface area contributed by atoms with E-state index in [0.29, 0.717) is 29.6 Å². The van der Waals surface area contributed by atoms with Crippen molar-refractivity contribution < 1.29 is 37.3 Å². The van der Waals surface area contributed by atoms with Gasteiger partial charge in [0.15, 0.2) is 17.7 Å². The number of aromatic nitrogens is 4. The lowest BCUT2D eigenvalue weighted by molar-refractivity contribution is -0.144. The number of furan rings is 1. The van der Waals surface area contributed by atoms with Crippen molar-refractivity contribution in [3.05, 3.63) is 54.4 Å². The Kier molecular flexibility index (Phi) is 6.66. The number of imidazole rings is 1. The van der Waals surface area contributed by atoms with Crippen LogP contribution in [0.3, 0.4) is 0 Å². The molecule has 2 aliphatic rings. The summed E-state index contributed by atoms with van der Waals surface area (Å²) in [6.45, 7) is 4.58. The van der Waals surface area contributed by atoms with Crippen LogP contribution in [0.4, 0.5) is 19.0 Å². The number of carbonyl (C=O) groups excluding carboxylic acids is 1. The van der Waals surface area contributed by atoms with Crippen molar-refractivity contribution >= 4 is 44.8 Å². The molecule has 2 fully saturated rings. The Morgan fingerprint density at radius 2 is 1.80 bits per heavy atom. The van der Waals surface area contributed by atoms with Crippen LogP contribution >= 0.6 is 0 Å². The minimum atomic E-state index is -4.86. The van der Waals surface area contributed by atoms with Crippen molar-refractivity contribution in [3.63, 3.8) is 0 Å². The van der Waals surface area contributed by atoms with Gasteiger partial charge in [0.05, 0.1) is 29.7 Å². The summed E-state index contributed by atoms with van der Waals surface area (Å²) in [6.07, 6.45) is -7.44. The van der Waals surface area contributed by atoms with Gasteiger partial charge in [0.25, 0.3) is 6.01 Å². The molecule has 2 N–H and O–H groups in total. The first-order valence-corrected chi connectivity index (χ1v) is 14.3. The van der Waals surface area contributed by atoms with Crippen molar-refractivity contribution in [2.45, 2.75) is 50.9 Å². The van der Waals surface area contributed by atoms with Crippen LogP contribution in [0.25, 0.3) is 33.1 Å². The number of fused-ring (bicyclic) bond motifs is 4. The minimum Gasteiger partial charge on any atom is -0.459 e. The van der Waals surface area contributed by atoms with Gasteiger partial charge in [-0.25, -0.2) is 9.97 Å². The number of amides is 1. The number of rotatable bonds is 5. The van der Waals surface area contributed by atoms with E-state index in [1.54, 1.807) is 29.2 Å². The predicted molar refractivity (Wildman–Crippen MR) is 153 cm³/mol. The van der Waals surface area contributed by atoms with Gasteiger partial charge in [-0.1, -0.05) is 31.2 Å². The standard InChI is InChI=1S/C30H29F3N6O5/c1-15-12-37(16(2)40)14-22(15)39-20-9-5-4-8-19(20)34-29(39)43-17-11-21(27(41)42)38(13-17)26-25-24(35-28(36-26)30(31,32)33)18-7-3-6-10-23(18)44-25/h3-10,15,17,21-22,27,41-42H,11-14H2,1-2H3/t15-,17-,21-,22-/m0/s1. The van der Waals surface area contributed by atoms with E-state index in [2.05, 4.69) is 9.97 Å². The first-order chi connectivity index (χ1) is 21.0. The summed E-state index contributed by atoms with van der Waals surface area (Å²) in [6, 6.07) is 13.1. The zero-order chi connectivity index (χ0) is 30.9. The Morgan fingerprint density at radius 1 is 1.05 bits per heavy atom. The van der Waals surface area contributed by atoms with Crippen molar-refractivity contribution in [1.82, 2.24) is 24.4 Å². The third kappa shape index (κ3) is 4.68. The molecule has 0 saturated carbocycles. The predicted octanol–water partition coefficient (Wildman–Crippen LogP) is 4.12. The second kappa shape index (κ2) is 10.3. The van der Waals surface area contributed by atoms with Gasteiger partial charge in [-0.15, -0.1) is 0 Å². The Morgan fingerprint density at radius 3 is 2.52 bits per heavy atom. The van der Waals surface area contributed by atoms with E-state index in [1.165, 1.54) is 11.8 Å². The zero-order valence-corrected chi connectivity index (χ0v) is 23.8. The molecule has 3 aromatic heterocycles. The number of aliphatic hydroxyl groups excluding tert-OH is 1. The van der Waals surface area contributed by atoms with Crippen LogP contribution in [0.5, 0.6) is 6.01 Å². The number of anilines is 1. The molecular weight excluding hydrogens is 581 g/mol. The van der Waals surface area contributed by atoms with E-state index >= 15 is 0 Å². The molecule has 0 spiro atoms. The number of ether oxygens (including phenoxy) is 1.